The summed E-state index contributed by atoms with van der Waals surface area (Å²) in [5, 5.41) is 11.0. The number of benzene rings is 1. The van der Waals surface area contributed by atoms with Crippen molar-refractivity contribution in [3.8, 4) is 5.75 Å². The molecule has 114 valence electrons. The summed E-state index contributed by atoms with van der Waals surface area (Å²) in [6, 6.07) is 8.56. The van der Waals surface area contributed by atoms with E-state index in [0.29, 0.717) is 11.9 Å². The van der Waals surface area contributed by atoms with Crippen molar-refractivity contribution >= 4 is 6.01 Å². The van der Waals surface area contributed by atoms with Crippen LogP contribution < -0.4 is 15.8 Å². The minimum Gasteiger partial charge on any atom is -0.494 e. The van der Waals surface area contributed by atoms with Crippen LogP contribution in [0.2, 0.25) is 0 Å². The van der Waals surface area contributed by atoms with Crippen LogP contribution in [0.1, 0.15) is 44.2 Å². The molecule has 6 nitrogen and oxygen atoms in total. The quantitative estimate of drug-likeness (QED) is 0.777. The van der Waals surface area contributed by atoms with Gasteiger partial charge in [0.1, 0.15) is 5.75 Å². The summed E-state index contributed by atoms with van der Waals surface area (Å²) >= 11 is 0. The number of hydrogen-bond donors (Lipinski definition) is 2. The van der Waals surface area contributed by atoms with Crippen LogP contribution >= 0.6 is 0 Å². The Labute approximate surface area is 124 Å². The molecule has 1 heterocycles. The molecule has 0 fully saturated rings. The lowest BCUT2D eigenvalue weighted by Crippen LogP contribution is -2.10. The third-order valence-electron chi connectivity index (χ3n) is 3.10. The fourth-order valence-electron chi connectivity index (χ4n) is 1.98. The van der Waals surface area contributed by atoms with Crippen LogP contribution in [0.4, 0.5) is 6.01 Å². The second-order valence-electron chi connectivity index (χ2n) is 4.73. The molecule has 0 aliphatic carbocycles. The Hall–Kier alpha value is -2.08. The number of nitrogens with one attached hydrogen (secondary N) is 1. The van der Waals surface area contributed by atoms with Crippen LogP contribution in [0.15, 0.2) is 28.7 Å². The maximum absolute atomic E-state index is 5.58. The lowest BCUT2D eigenvalue weighted by Gasteiger charge is -2.16. The molecule has 0 aliphatic rings. The van der Waals surface area contributed by atoms with Crippen molar-refractivity contribution in [3.63, 3.8) is 0 Å². The van der Waals surface area contributed by atoms with Crippen LogP contribution in [0.3, 0.4) is 0 Å². The second kappa shape index (κ2) is 7.64. The Balaban J connectivity index is 2.02. The largest absolute Gasteiger partial charge is 0.494 e. The van der Waals surface area contributed by atoms with Gasteiger partial charge in [-0.3, -0.25) is 0 Å². The van der Waals surface area contributed by atoms with E-state index in [9.17, 15) is 0 Å². The van der Waals surface area contributed by atoms with Gasteiger partial charge in [-0.1, -0.05) is 31.1 Å². The smallest absolute Gasteiger partial charge is 0.315 e. The van der Waals surface area contributed by atoms with E-state index in [4.69, 9.17) is 14.9 Å². The van der Waals surface area contributed by atoms with Crippen molar-refractivity contribution in [1.29, 1.82) is 0 Å². The van der Waals surface area contributed by atoms with Gasteiger partial charge in [0.05, 0.1) is 19.2 Å². The van der Waals surface area contributed by atoms with Crippen molar-refractivity contribution in [2.75, 3.05) is 11.9 Å². The van der Waals surface area contributed by atoms with Crippen LogP contribution in [-0.4, -0.2) is 16.8 Å². The highest BCUT2D eigenvalue weighted by atomic mass is 16.5. The summed E-state index contributed by atoms with van der Waals surface area (Å²) in [6.07, 6.45) is 1.90. The van der Waals surface area contributed by atoms with E-state index in [-0.39, 0.29) is 12.6 Å². The molecule has 1 aromatic heterocycles. The summed E-state index contributed by atoms with van der Waals surface area (Å²) in [4.78, 5) is 0. The Bertz CT molecular complexity index is 539. The average molecular weight is 290 g/mol. The van der Waals surface area contributed by atoms with Crippen LogP contribution in [0, 0.1) is 0 Å². The molecule has 6 heteroatoms. The van der Waals surface area contributed by atoms with Gasteiger partial charge in [0, 0.05) is 0 Å². The predicted molar refractivity (Wildman–Crippen MR) is 81.1 cm³/mol. The number of hydrogen-bond acceptors (Lipinski definition) is 6. The van der Waals surface area contributed by atoms with Gasteiger partial charge >= 0.3 is 6.01 Å². The SMILES string of the molecule is CCCOc1ccc(C(CC)Nc2nnc(CN)o2)cc1. The standard InChI is InChI=1S/C15H22N4O2/c1-3-9-20-12-7-5-11(6-8-12)13(4-2)17-15-19-18-14(10-16)21-15/h5-8,13H,3-4,9-10,16H2,1-2H3,(H,17,19). The zero-order valence-electron chi connectivity index (χ0n) is 12.5. The van der Waals surface area contributed by atoms with Gasteiger partial charge in [-0.15, -0.1) is 5.10 Å². The molecule has 0 spiro atoms. The van der Waals surface area contributed by atoms with Crippen molar-refractivity contribution in [2.24, 2.45) is 5.73 Å². The third-order valence-corrected chi connectivity index (χ3v) is 3.10. The fraction of sp³-hybridized carbons (Fsp3) is 0.467. The first-order chi connectivity index (χ1) is 10.3. The fourth-order valence-corrected chi connectivity index (χ4v) is 1.98. The van der Waals surface area contributed by atoms with E-state index in [1.807, 2.05) is 24.3 Å². The first kappa shape index (κ1) is 15.3. The highest BCUT2D eigenvalue weighted by Gasteiger charge is 2.13. The van der Waals surface area contributed by atoms with Crippen LogP contribution in [-0.2, 0) is 6.54 Å². The van der Waals surface area contributed by atoms with E-state index in [2.05, 4.69) is 29.4 Å². The van der Waals surface area contributed by atoms with Crippen molar-refractivity contribution in [1.82, 2.24) is 10.2 Å². The third kappa shape index (κ3) is 4.19. The number of nitrogens with zero attached hydrogens (tertiary/aromatic N) is 2. The Morgan fingerprint density at radius 2 is 2.00 bits per heavy atom. The predicted octanol–water partition coefficient (Wildman–Crippen LogP) is 2.88. The first-order valence-electron chi connectivity index (χ1n) is 7.28. The van der Waals surface area contributed by atoms with Crippen LogP contribution in [0.5, 0.6) is 5.75 Å². The van der Waals surface area contributed by atoms with Gasteiger partial charge in [-0.05, 0) is 30.5 Å². The second-order valence-corrected chi connectivity index (χ2v) is 4.73. The normalized spacial score (nSPS) is 12.1. The van der Waals surface area contributed by atoms with Gasteiger partial charge in [-0.2, -0.15) is 0 Å². The highest BCUT2D eigenvalue weighted by Crippen LogP contribution is 2.24. The molecule has 1 aromatic carbocycles. The first-order valence-corrected chi connectivity index (χ1v) is 7.28. The molecule has 0 aliphatic heterocycles. The van der Waals surface area contributed by atoms with Gasteiger partial charge < -0.3 is 20.2 Å². The maximum atomic E-state index is 5.58. The highest BCUT2D eigenvalue weighted by molar-refractivity contribution is 5.33. The average Bonchev–Trinajstić information content (AvgIpc) is 2.99. The van der Waals surface area contributed by atoms with Crippen LogP contribution in [0.25, 0.3) is 0 Å². The molecule has 2 rings (SSSR count). The Morgan fingerprint density at radius 3 is 2.57 bits per heavy atom. The molecule has 0 amide bonds. The molecule has 0 radical (unpaired) electrons. The summed E-state index contributed by atoms with van der Waals surface area (Å²) in [5.74, 6) is 1.31. The molecule has 0 saturated heterocycles. The summed E-state index contributed by atoms with van der Waals surface area (Å²) < 4.78 is 11.0. The van der Waals surface area contributed by atoms with Gasteiger partial charge in [0.25, 0.3) is 0 Å². The molecule has 3 N–H and O–H groups in total. The van der Waals surface area contributed by atoms with Crippen molar-refractivity contribution < 1.29 is 9.15 Å². The molecular formula is C15H22N4O2. The van der Waals surface area contributed by atoms with E-state index >= 15 is 0 Å². The molecule has 0 bridgehead atoms. The lowest BCUT2D eigenvalue weighted by atomic mass is 10.0. The molecule has 0 saturated carbocycles. The maximum Gasteiger partial charge on any atom is 0.315 e. The van der Waals surface area contributed by atoms with Gasteiger partial charge in [-0.25, -0.2) is 0 Å². The zero-order chi connectivity index (χ0) is 15.1. The molecular weight excluding hydrogens is 268 g/mol. The van der Waals surface area contributed by atoms with E-state index in [0.717, 1.165) is 30.8 Å². The lowest BCUT2D eigenvalue weighted by molar-refractivity contribution is 0.317. The number of aromatic nitrogens is 2. The van der Waals surface area contributed by atoms with E-state index in [1.54, 1.807) is 0 Å². The summed E-state index contributed by atoms with van der Waals surface area (Å²) in [5.41, 5.74) is 6.60. The van der Waals surface area contributed by atoms with E-state index in [1.165, 1.54) is 0 Å². The van der Waals surface area contributed by atoms with Gasteiger partial charge in [0.15, 0.2) is 0 Å². The molecule has 1 unspecified atom stereocenters. The molecule has 21 heavy (non-hydrogen) atoms. The van der Waals surface area contributed by atoms with Gasteiger partial charge in [0.2, 0.25) is 5.89 Å². The summed E-state index contributed by atoms with van der Waals surface area (Å²) in [6.45, 7) is 5.17. The molecule has 2 aromatic rings. The summed E-state index contributed by atoms with van der Waals surface area (Å²) in [7, 11) is 0. The number of nitrogens with two attached hydrogens (primary N) is 1. The minimum absolute atomic E-state index is 0.108. The monoisotopic (exact) mass is 290 g/mol. The zero-order valence-corrected chi connectivity index (χ0v) is 12.5. The molecule has 1 atom stereocenters. The number of rotatable bonds is 8. The topological polar surface area (TPSA) is 86.2 Å². The number of ether oxygens (including phenoxy) is 1. The van der Waals surface area contributed by atoms with Crippen molar-refractivity contribution in [2.45, 2.75) is 39.3 Å². The van der Waals surface area contributed by atoms with E-state index < -0.39 is 0 Å². The minimum atomic E-state index is 0.108. The van der Waals surface area contributed by atoms with Crippen molar-refractivity contribution in [3.05, 3.63) is 35.7 Å². The Morgan fingerprint density at radius 1 is 1.24 bits per heavy atom. The Kier molecular flexibility index (Phi) is 5.57. The number of anilines is 1.